The second kappa shape index (κ2) is 6.47. The molecule has 2 rings (SSSR count). The van der Waals surface area contributed by atoms with Gasteiger partial charge in [-0.3, -0.25) is 0 Å². The minimum Gasteiger partial charge on any atom is -0.544 e. The lowest BCUT2D eigenvalue weighted by Gasteiger charge is -2.36. The van der Waals surface area contributed by atoms with Crippen LogP contribution >= 0.6 is 0 Å². The molecule has 0 aliphatic heterocycles. The third kappa shape index (κ3) is 3.56. The van der Waals surface area contributed by atoms with Gasteiger partial charge in [0.2, 0.25) is 8.32 Å². The van der Waals surface area contributed by atoms with Crippen LogP contribution in [0.15, 0.2) is 54.6 Å². The van der Waals surface area contributed by atoms with Crippen molar-refractivity contribution in [1.29, 1.82) is 0 Å². The van der Waals surface area contributed by atoms with Gasteiger partial charge in [-0.25, -0.2) is 0 Å². The topological polar surface area (TPSA) is 29.5 Å². The van der Waals surface area contributed by atoms with Crippen molar-refractivity contribution in [3.63, 3.8) is 0 Å². The van der Waals surface area contributed by atoms with Gasteiger partial charge in [0.15, 0.2) is 5.60 Å². The van der Waals surface area contributed by atoms with Crippen LogP contribution < -0.4 is 4.43 Å². The van der Waals surface area contributed by atoms with Crippen molar-refractivity contribution in [3.05, 3.63) is 65.7 Å². The first-order valence-electron chi connectivity index (χ1n) is 8.15. The fourth-order valence-corrected chi connectivity index (χ4v) is 3.26. The van der Waals surface area contributed by atoms with E-state index in [0.29, 0.717) is 11.1 Å². The van der Waals surface area contributed by atoms with Crippen molar-refractivity contribution in [3.8, 4) is 18.1 Å². The summed E-state index contributed by atoms with van der Waals surface area (Å²) in [6, 6.07) is 16.8. The average Bonchev–Trinajstić information content (AvgIpc) is 2.54. The molecule has 126 valence electrons. The third-order valence-electron chi connectivity index (χ3n) is 4.85. The zero-order chi connectivity index (χ0) is 18.0. The fraction of sp³-hybridized carbons (Fsp3) is 0.333. The Morgan fingerprint density at radius 3 is 1.88 bits per heavy atom. The van der Waals surface area contributed by atoms with Gasteiger partial charge in [0, 0.05) is 11.1 Å². The molecule has 0 bridgehead atoms. The molecule has 2 aromatic rings. The monoisotopic (exact) mass is 338 g/mol. The lowest BCUT2D eigenvalue weighted by atomic mass is 9.87. The Kier molecular flexibility index (Phi) is 4.94. The van der Waals surface area contributed by atoms with E-state index < -0.39 is 13.9 Å². The number of hydrogen-bond donors (Lipinski definition) is 1. The minimum atomic E-state index is -1.88. The maximum atomic E-state index is 10.9. The van der Waals surface area contributed by atoms with Crippen LogP contribution in [0.2, 0.25) is 18.1 Å². The van der Waals surface area contributed by atoms with Gasteiger partial charge < -0.3 is 9.53 Å². The van der Waals surface area contributed by atoms with E-state index in [9.17, 15) is 5.11 Å². The van der Waals surface area contributed by atoms with E-state index in [-0.39, 0.29) is 5.04 Å². The molecule has 1 unspecified atom stereocenters. The molecule has 0 aliphatic rings. The number of hydrogen-bond acceptors (Lipinski definition) is 2. The highest BCUT2D eigenvalue weighted by atomic mass is 28.4. The lowest BCUT2D eigenvalue weighted by Crippen LogP contribution is -2.43. The summed E-state index contributed by atoms with van der Waals surface area (Å²) in [5, 5.41) is 11.1. The van der Waals surface area contributed by atoms with Gasteiger partial charge in [-0.2, -0.15) is 0 Å². The molecule has 0 aromatic heterocycles. The Balaban J connectivity index is 2.31. The van der Waals surface area contributed by atoms with Crippen LogP contribution in [0.5, 0.6) is 5.75 Å². The molecule has 0 spiro atoms. The van der Waals surface area contributed by atoms with E-state index in [1.807, 2.05) is 54.6 Å². The fourth-order valence-electron chi connectivity index (χ4n) is 2.22. The van der Waals surface area contributed by atoms with Crippen molar-refractivity contribution >= 4 is 8.32 Å². The van der Waals surface area contributed by atoms with Crippen LogP contribution in [0.4, 0.5) is 0 Å². The molecule has 2 nitrogen and oxygen atoms in total. The van der Waals surface area contributed by atoms with E-state index in [2.05, 4.69) is 39.8 Å². The first-order chi connectivity index (χ1) is 11.1. The van der Waals surface area contributed by atoms with Crippen LogP contribution in [0, 0.1) is 12.3 Å². The maximum Gasteiger partial charge on any atom is 0.250 e. The summed E-state index contributed by atoms with van der Waals surface area (Å²) < 4.78 is 6.28. The highest BCUT2D eigenvalue weighted by Crippen LogP contribution is 2.38. The first kappa shape index (κ1) is 18.3. The second-order valence-corrected chi connectivity index (χ2v) is 12.3. The summed E-state index contributed by atoms with van der Waals surface area (Å²) in [5.74, 6) is 3.34. The summed E-state index contributed by atoms with van der Waals surface area (Å²) >= 11 is 0. The van der Waals surface area contributed by atoms with E-state index in [0.717, 1.165) is 5.75 Å². The molecule has 24 heavy (non-hydrogen) atoms. The van der Waals surface area contributed by atoms with Gasteiger partial charge >= 0.3 is 0 Å². The van der Waals surface area contributed by atoms with Crippen LogP contribution in [0.25, 0.3) is 0 Å². The van der Waals surface area contributed by atoms with Crippen molar-refractivity contribution in [2.45, 2.75) is 44.5 Å². The van der Waals surface area contributed by atoms with Gasteiger partial charge in [0.05, 0.1) is 0 Å². The quantitative estimate of drug-likeness (QED) is 0.632. The molecule has 0 aliphatic carbocycles. The van der Waals surface area contributed by atoms with Crippen molar-refractivity contribution < 1.29 is 9.53 Å². The van der Waals surface area contributed by atoms with Crippen LogP contribution in [0.3, 0.4) is 0 Å². The average molecular weight is 339 g/mol. The van der Waals surface area contributed by atoms with Gasteiger partial charge in [-0.05, 0) is 30.3 Å². The van der Waals surface area contributed by atoms with E-state index in [1.54, 1.807) is 0 Å². The van der Waals surface area contributed by atoms with Gasteiger partial charge in [-0.1, -0.05) is 69.2 Å². The maximum absolute atomic E-state index is 10.9. The standard InChI is InChI=1S/C21H26O2Si/c1-7-21(22,17-11-9-8-10-12-17)18-13-15-19(16-14-18)23-24(5,6)20(2,3)4/h1,8-16,22H,2-6H3. The van der Waals surface area contributed by atoms with Crippen molar-refractivity contribution in [2.24, 2.45) is 0 Å². The van der Waals surface area contributed by atoms with E-state index in [1.165, 1.54) is 0 Å². The molecule has 1 atom stereocenters. The summed E-state index contributed by atoms with van der Waals surface area (Å²) in [7, 11) is -1.88. The molecule has 2 aromatic carbocycles. The summed E-state index contributed by atoms with van der Waals surface area (Å²) in [6.45, 7) is 11.0. The van der Waals surface area contributed by atoms with E-state index >= 15 is 0 Å². The Bertz CT molecular complexity index is 721. The molecule has 0 saturated heterocycles. The zero-order valence-corrected chi connectivity index (χ0v) is 16.1. The molecule has 0 saturated carbocycles. The molecule has 0 fully saturated rings. The minimum absolute atomic E-state index is 0.134. The predicted octanol–water partition coefficient (Wildman–Crippen LogP) is 4.94. The Morgan fingerprint density at radius 1 is 0.917 bits per heavy atom. The molecule has 3 heteroatoms. The summed E-state index contributed by atoms with van der Waals surface area (Å²) in [4.78, 5) is 0. The van der Waals surface area contributed by atoms with Crippen LogP contribution in [-0.2, 0) is 5.60 Å². The Labute approximate surface area is 146 Å². The van der Waals surface area contributed by atoms with E-state index in [4.69, 9.17) is 10.8 Å². The van der Waals surface area contributed by atoms with Gasteiger partial charge in [0.25, 0.3) is 0 Å². The number of terminal acetylenes is 1. The first-order valence-corrected chi connectivity index (χ1v) is 11.1. The smallest absolute Gasteiger partial charge is 0.250 e. The number of rotatable bonds is 4. The SMILES string of the molecule is C#CC(O)(c1ccccc1)c1ccc(O[Si](C)(C)C(C)(C)C)cc1. The largest absolute Gasteiger partial charge is 0.544 e. The summed E-state index contributed by atoms with van der Waals surface area (Å²) in [5.41, 5.74) is -0.0825. The van der Waals surface area contributed by atoms with Crippen LogP contribution in [-0.4, -0.2) is 13.4 Å². The Hall–Kier alpha value is -2.02. The highest BCUT2D eigenvalue weighted by molar-refractivity contribution is 6.74. The molecule has 1 N–H and O–H groups in total. The predicted molar refractivity (Wildman–Crippen MR) is 103 cm³/mol. The van der Waals surface area contributed by atoms with Gasteiger partial charge in [-0.15, -0.1) is 6.42 Å². The summed E-state index contributed by atoms with van der Waals surface area (Å²) in [6.07, 6.45) is 5.64. The zero-order valence-electron chi connectivity index (χ0n) is 15.1. The Morgan fingerprint density at radius 2 is 1.42 bits per heavy atom. The van der Waals surface area contributed by atoms with Crippen LogP contribution in [0.1, 0.15) is 31.9 Å². The molecule has 0 radical (unpaired) electrons. The number of aliphatic hydroxyl groups is 1. The van der Waals surface area contributed by atoms with Crippen molar-refractivity contribution in [2.75, 3.05) is 0 Å². The normalized spacial score (nSPS) is 14.5. The molecule has 0 heterocycles. The third-order valence-corrected chi connectivity index (χ3v) is 9.21. The second-order valence-electron chi connectivity index (χ2n) is 7.61. The highest BCUT2D eigenvalue weighted by Gasteiger charge is 2.39. The number of benzene rings is 2. The lowest BCUT2D eigenvalue weighted by molar-refractivity contribution is 0.145. The molecule has 0 amide bonds. The van der Waals surface area contributed by atoms with Gasteiger partial charge in [0.1, 0.15) is 5.75 Å². The van der Waals surface area contributed by atoms with Crippen molar-refractivity contribution in [1.82, 2.24) is 0 Å². The molecular weight excluding hydrogens is 312 g/mol. The molecular formula is C21H26O2Si.